The van der Waals surface area contributed by atoms with E-state index in [9.17, 15) is 0 Å². The van der Waals surface area contributed by atoms with Crippen LogP contribution in [-0.2, 0) is 13.3 Å². The van der Waals surface area contributed by atoms with E-state index in [2.05, 4.69) is 4.90 Å². The van der Waals surface area contributed by atoms with Crippen LogP contribution < -0.4 is 5.73 Å². The Morgan fingerprint density at radius 3 is 2.14 bits per heavy atom. The molecule has 0 saturated carbocycles. The molecule has 0 aliphatic rings. The summed E-state index contributed by atoms with van der Waals surface area (Å²) in [4.78, 5) is 2.12. The Balaban J connectivity index is 3.94. The van der Waals surface area contributed by atoms with Gasteiger partial charge in [0, 0.05) is 20.3 Å². The second kappa shape index (κ2) is 7.33. The molecule has 0 rings (SSSR count). The van der Waals surface area contributed by atoms with Crippen LogP contribution in [0.4, 0.5) is 0 Å². The first-order chi connectivity index (χ1) is 6.60. The van der Waals surface area contributed by atoms with E-state index in [0.29, 0.717) is 0 Å². The summed E-state index contributed by atoms with van der Waals surface area (Å²) >= 11 is 0. The van der Waals surface area contributed by atoms with Crippen molar-refractivity contribution in [1.29, 1.82) is 0 Å². The van der Waals surface area contributed by atoms with Gasteiger partial charge in [-0.15, -0.1) is 0 Å². The Morgan fingerprint density at radius 1 is 1.21 bits per heavy atom. The van der Waals surface area contributed by atoms with Crippen molar-refractivity contribution < 1.29 is 13.3 Å². The van der Waals surface area contributed by atoms with Gasteiger partial charge in [0.25, 0.3) is 0 Å². The van der Waals surface area contributed by atoms with Crippen LogP contribution in [0.1, 0.15) is 6.42 Å². The lowest BCUT2D eigenvalue weighted by molar-refractivity contribution is 0.0997. The van der Waals surface area contributed by atoms with Crippen molar-refractivity contribution in [3.63, 3.8) is 0 Å². The highest BCUT2D eigenvalue weighted by atomic mass is 28.4. The van der Waals surface area contributed by atoms with Crippen LogP contribution >= 0.6 is 0 Å². The summed E-state index contributed by atoms with van der Waals surface area (Å²) in [6.45, 7) is 1.14. The summed E-state index contributed by atoms with van der Waals surface area (Å²) in [5.41, 5.74) is 5.34. The molecule has 0 heterocycles. The molecule has 0 bridgehead atoms. The lowest BCUT2D eigenvalue weighted by Crippen LogP contribution is -2.45. The van der Waals surface area contributed by atoms with Crippen molar-refractivity contribution >= 4 is 8.80 Å². The van der Waals surface area contributed by atoms with Gasteiger partial charge in [-0.1, -0.05) is 0 Å². The molecule has 0 unspecified atom stereocenters. The van der Waals surface area contributed by atoms with E-state index < -0.39 is 8.80 Å². The molecular weight excluding hydrogens is 200 g/mol. The minimum absolute atomic E-state index is 0.149. The van der Waals surface area contributed by atoms with Crippen molar-refractivity contribution in [3.05, 3.63) is 0 Å². The third kappa shape index (κ3) is 5.04. The fourth-order valence-corrected chi connectivity index (χ4v) is 3.02. The zero-order valence-electron chi connectivity index (χ0n) is 9.58. The number of rotatable bonds is 8. The predicted molar refractivity (Wildman–Crippen MR) is 57.9 cm³/mol. The van der Waals surface area contributed by atoms with Gasteiger partial charge in [-0.05, 0) is 27.1 Å². The predicted octanol–water partition coefficient (Wildman–Crippen LogP) is 0.103. The average Bonchev–Trinajstić information content (AvgIpc) is 2.16. The van der Waals surface area contributed by atoms with Crippen LogP contribution in [0.25, 0.3) is 0 Å². The zero-order chi connectivity index (χ0) is 11.0. The first-order valence-corrected chi connectivity index (χ1v) is 6.62. The summed E-state index contributed by atoms with van der Waals surface area (Å²) in [6, 6.07) is 0.801. The topological polar surface area (TPSA) is 57.0 Å². The van der Waals surface area contributed by atoms with Gasteiger partial charge in [0.2, 0.25) is 0 Å². The Labute approximate surface area is 87.5 Å². The molecular formula is C8H22N2O3Si. The number of nitrogens with two attached hydrogens (primary N) is 1. The van der Waals surface area contributed by atoms with Crippen LogP contribution in [0.3, 0.4) is 0 Å². The van der Waals surface area contributed by atoms with E-state index in [4.69, 9.17) is 19.0 Å². The normalized spacial score (nSPS) is 12.4. The largest absolute Gasteiger partial charge is 0.501 e. The van der Waals surface area contributed by atoms with E-state index in [0.717, 1.165) is 19.0 Å². The molecule has 0 radical (unpaired) electrons. The highest BCUT2D eigenvalue weighted by Gasteiger charge is 2.37. The molecule has 0 spiro atoms. The third-order valence-electron chi connectivity index (χ3n) is 2.01. The molecule has 5 nitrogen and oxygen atoms in total. The van der Waals surface area contributed by atoms with E-state index in [1.165, 1.54) is 0 Å². The SMILES string of the molecule is CO[Si](CCCN(C)C)(OC)OCN. The molecule has 0 atom stereocenters. The second-order valence-corrected chi connectivity index (χ2v) is 6.28. The fourth-order valence-electron chi connectivity index (χ4n) is 1.22. The number of hydrogen-bond acceptors (Lipinski definition) is 5. The highest BCUT2D eigenvalue weighted by molar-refractivity contribution is 6.60. The lowest BCUT2D eigenvalue weighted by atomic mass is 10.5. The first kappa shape index (κ1) is 14.0. The summed E-state index contributed by atoms with van der Waals surface area (Å²) in [6.07, 6.45) is 0.987. The lowest BCUT2D eigenvalue weighted by Gasteiger charge is -2.26. The molecule has 0 fully saturated rings. The minimum atomic E-state index is -2.46. The van der Waals surface area contributed by atoms with Gasteiger partial charge in [-0.25, -0.2) is 0 Å². The maximum Gasteiger partial charge on any atom is 0.501 e. The Bertz CT molecular complexity index is 143. The molecule has 0 aromatic rings. The third-order valence-corrected chi connectivity index (χ3v) is 4.83. The monoisotopic (exact) mass is 222 g/mol. The smallest absolute Gasteiger partial charge is 0.377 e. The van der Waals surface area contributed by atoms with Crippen molar-refractivity contribution in [2.45, 2.75) is 12.5 Å². The highest BCUT2D eigenvalue weighted by Crippen LogP contribution is 2.15. The van der Waals surface area contributed by atoms with Gasteiger partial charge in [0.15, 0.2) is 0 Å². The second-order valence-electron chi connectivity index (χ2n) is 3.31. The summed E-state index contributed by atoms with van der Waals surface area (Å²) < 4.78 is 16.0. The van der Waals surface area contributed by atoms with Crippen molar-refractivity contribution in [2.75, 3.05) is 41.6 Å². The first-order valence-electron chi connectivity index (χ1n) is 4.69. The van der Waals surface area contributed by atoms with Crippen LogP contribution in [0, 0.1) is 0 Å². The quantitative estimate of drug-likeness (QED) is 0.466. The van der Waals surface area contributed by atoms with Gasteiger partial charge in [0.1, 0.15) is 0 Å². The molecule has 0 saturated heterocycles. The van der Waals surface area contributed by atoms with Gasteiger partial charge in [0.05, 0.1) is 6.73 Å². The van der Waals surface area contributed by atoms with Crippen LogP contribution in [0.2, 0.25) is 6.04 Å². The molecule has 0 aromatic heterocycles. The van der Waals surface area contributed by atoms with E-state index in [-0.39, 0.29) is 6.73 Å². The molecule has 6 heteroatoms. The van der Waals surface area contributed by atoms with E-state index in [1.807, 2.05) is 14.1 Å². The van der Waals surface area contributed by atoms with E-state index >= 15 is 0 Å². The van der Waals surface area contributed by atoms with Crippen molar-refractivity contribution in [2.24, 2.45) is 5.73 Å². The molecule has 86 valence electrons. The van der Waals surface area contributed by atoms with Crippen LogP contribution in [0.5, 0.6) is 0 Å². The van der Waals surface area contributed by atoms with Gasteiger partial charge in [-0.2, -0.15) is 0 Å². The van der Waals surface area contributed by atoms with Gasteiger partial charge in [-0.3, -0.25) is 0 Å². The number of nitrogens with zero attached hydrogens (tertiary/aromatic N) is 1. The van der Waals surface area contributed by atoms with Gasteiger partial charge >= 0.3 is 8.80 Å². The standard InChI is InChI=1S/C8H22N2O3Si/c1-10(2)6-5-7-14(11-3,12-4)13-8-9/h5-9H2,1-4H3. The molecule has 0 aliphatic heterocycles. The average molecular weight is 222 g/mol. The summed E-state index contributed by atoms with van der Waals surface area (Å²) in [7, 11) is 4.83. The molecule has 14 heavy (non-hydrogen) atoms. The van der Waals surface area contributed by atoms with Crippen molar-refractivity contribution in [3.8, 4) is 0 Å². The van der Waals surface area contributed by atoms with Crippen LogP contribution in [0.15, 0.2) is 0 Å². The summed E-state index contributed by atoms with van der Waals surface area (Å²) in [5.74, 6) is 0. The van der Waals surface area contributed by atoms with Gasteiger partial charge < -0.3 is 23.9 Å². The fraction of sp³-hybridized carbons (Fsp3) is 1.00. The Morgan fingerprint density at radius 2 is 1.79 bits per heavy atom. The molecule has 0 amide bonds. The zero-order valence-corrected chi connectivity index (χ0v) is 10.6. The maximum absolute atomic E-state index is 5.36. The summed E-state index contributed by atoms with van der Waals surface area (Å²) in [5, 5.41) is 0. The minimum Gasteiger partial charge on any atom is -0.377 e. The number of hydrogen-bond donors (Lipinski definition) is 1. The van der Waals surface area contributed by atoms with E-state index in [1.54, 1.807) is 14.2 Å². The molecule has 0 aromatic carbocycles. The Hall–Kier alpha value is 0.0169. The maximum atomic E-state index is 5.36. The Kier molecular flexibility index (Phi) is 7.34. The molecule has 0 aliphatic carbocycles. The molecule has 2 N–H and O–H groups in total. The van der Waals surface area contributed by atoms with Crippen molar-refractivity contribution in [1.82, 2.24) is 4.90 Å². The van der Waals surface area contributed by atoms with Crippen LogP contribution in [-0.4, -0.2) is 55.3 Å².